The van der Waals surface area contributed by atoms with Crippen LogP contribution in [0.3, 0.4) is 0 Å². The predicted molar refractivity (Wildman–Crippen MR) is 94.9 cm³/mol. The third kappa shape index (κ3) is 4.05. The summed E-state index contributed by atoms with van der Waals surface area (Å²) in [7, 11) is 1.31. The average molecular weight is 362 g/mol. The Hall–Kier alpha value is -2.38. The number of hydrogen-bond acceptors (Lipinski definition) is 7. The summed E-state index contributed by atoms with van der Waals surface area (Å²) in [5.41, 5.74) is -0.409. The van der Waals surface area contributed by atoms with Crippen molar-refractivity contribution in [3.63, 3.8) is 0 Å². The van der Waals surface area contributed by atoms with Gasteiger partial charge in [-0.2, -0.15) is 0 Å². The molecule has 8 heteroatoms. The van der Waals surface area contributed by atoms with Gasteiger partial charge in [0.05, 0.1) is 19.5 Å². The molecule has 1 atom stereocenters. The second-order valence-electron chi connectivity index (χ2n) is 7.97. The topological polar surface area (TPSA) is 93.7 Å². The first-order valence-corrected chi connectivity index (χ1v) is 8.90. The maximum atomic E-state index is 12.5. The van der Waals surface area contributed by atoms with E-state index in [0.29, 0.717) is 12.4 Å². The van der Waals surface area contributed by atoms with Gasteiger partial charge in [-0.1, -0.05) is 0 Å². The van der Waals surface area contributed by atoms with Crippen molar-refractivity contribution in [2.75, 3.05) is 19.0 Å². The van der Waals surface area contributed by atoms with Crippen molar-refractivity contribution >= 4 is 17.9 Å². The minimum atomic E-state index is -0.508. The van der Waals surface area contributed by atoms with Crippen molar-refractivity contribution in [3.8, 4) is 0 Å². The largest absolute Gasteiger partial charge is 0.464 e. The van der Waals surface area contributed by atoms with E-state index >= 15 is 0 Å². The lowest BCUT2D eigenvalue weighted by atomic mass is 9.95. The molecule has 2 fully saturated rings. The normalized spacial score (nSPS) is 21.2. The number of piperidine rings is 1. The summed E-state index contributed by atoms with van der Waals surface area (Å²) in [5.74, 6) is 0.107. The number of rotatable bonds is 3. The molecule has 3 rings (SSSR count). The molecule has 142 valence electrons. The Kier molecular flexibility index (Phi) is 4.77. The van der Waals surface area contributed by atoms with E-state index < -0.39 is 11.6 Å². The van der Waals surface area contributed by atoms with E-state index in [1.807, 2.05) is 25.7 Å². The molecule has 1 saturated carbocycles. The molecule has 26 heavy (non-hydrogen) atoms. The van der Waals surface area contributed by atoms with Crippen LogP contribution in [0.2, 0.25) is 0 Å². The summed E-state index contributed by atoms with van der Waals surface area (Å²) >= 11 is 0. The molecular weight excluding hydrogens is 336 g/mol. The van der Waals surface area contributed by atoms with Gasteiger partial charge >= 0.3 is 12.1 Å². The number of hydrogen-bond donors (Lipinski definition) is 1. The summed E-state index contributed by atoms with van der Waals surface area (Å²) in [6.45, 7) is 6.31. The van der Waals surface area contributed by atoms with E-state index in [1.54, 1.807) is 0 Å². The zero-order valence-electron chi connectivity index (χ0n) is 15.7. The molecule has 1 N–H and O–H groups in total. The van der Waals surface area contributed by atoms with Crippen LogP contribution in [0.4, 0.5) is 10.6 Å². The zero-order chi connectivity index (χ0) is 18.9. The SMILES string of the molecule is COC(=O)c1cnc(NC2CCN(C(=O)OC(C)(C)C)C3(CC3)C2)cn1. The molecule has 1 aliphatic heterocycles. The van der Waals surface area contributed by atoms with Crippen molar-refractivity contribution in [2.45, 2.75) is 63.6 Å². The molecule has 1 aromatic rings. The van der Waals surface area contributed by atoms with E-state index in [1.165, 1.54) is 19.5 Å². The number of nitrogens with one attached hydrogen (secondary N) is 1. The molecule has 1 aromatic heterocycles. The number of aromatic nitrogens is 2. The van der Waals surface area contributed by atoms with Gasteiger partial charge in [-0.3, -0.25) is 0 Å². The van der Waals surface area contributed by atoms with E-state index in [-0.39, 0.29) is 23.4 Å². The number of esters is 1. The molecule has 1 unspecified atom stereocenters. The number of nitrogens with zero attached hydrogens (tertiary/aromatic N) is 3. The summed E-state index contributed by atoms with van der Waals surface area (Å²) in [5, 5.41) is 3.36. The van der Waals surface area contributed by atoms with E-state index in [2.05, 4.69) is 20.0 Å². The second kappa shape index (κ2) is 6.74. The van der Waals surface area contributed by atoms with Crippen LogP contribution >= 0.6 is 0 Å². The number of carbonyl (C=O) groups is 2. The maximum Gasteiger partial charge on any atom is 0.410 e. The number of anilines is 1. The monoisotopic (exact) mass is 362 g/mol. The Morgan fingerprint density at radius 2 is 2.00 bits per heavy atom. The Morgan fingerprint density at radius 3 is 2.54 bits per heavy atom. The molecule has 0 bridgehead atoms. The molecule has 2 heterocycles. The van der Waals surface area contributed by atoms with Crippen molar-refractivity contribution in [3.05, 3.63) is 18.1 Å². The van der Waals surface area contributed by atoms with Crippen molar-refractivity contribution in [1.29, 1.82) is 0 Å². The molecule has 2 aliphatic rings. The smallest absolute Gasteiger partial charge is 0.410 e. The van der Waals surface area contributed by atoms with Gasteiger partial charge in [-0.15, -0.1) is 0 Å². The van der Waals surface area contributed by atoms with Crippen molar-refractivity contribution < 1.29 is 19.1 Å². The van der Waals surface area contributed by atoms with Crippen LogP contribution in [0, 0.1) is 0 Å². The number of likely N-dealkylation sites (tertiary alicyclic amines) is 1. The van der Waals surface area contributed by atoms with Crippen LogP contribution < -0.4 is 5.32 Å². The molecule has 1 spiro atoms. The lowest BCUT2D eigenvalue weighted by Gasteiger charge is -2.40. The van der Waals surface area contributed by atoms with Gasteiger partial charge in [0.1, 0.15) is 11.4 Å². The molecule has 8 nitrogen and oxygen atoms in total. The van der Waals surface area contributed by atoms with Gasteiger partial charge in [-0.25, -0.2) is 19.6 Å². The van der Waals surface area contributed by atoms with Crippen molar-refractivity contribution in [1.82, 2.24) is 14.9 Å². The van der Waals surface area contributed by atoms with Crippen LogP contribution in [-0.2, 0) is 9.47 Å². The van der Waals surface area contributed by atoms with Crippen LogP contribution in [0.1, 0.15) is 56.9 Å². The number of carbonyl (C=O) groups excluding carboxylic acids is 2. The van der Waals surface area contributed by atoms with Crippen LogP contribution in [0.15, 0.2) is 12.4 Å². The minimum absolute atomic E-state index is 0.0996. The molecule has 0 aromatic carbocycles. The first kappa shape index (κ1) is 18.4. The molecule has 1 aliphatic carbocycles. The van der Waals surface area contributed by atoms with Gasteiger partial charge in [0, 0.05) is 18.1 Å². The van der Waals surface area contributed by atoms with E-state index in [9.17, 15) is 9.59 Å². The summed E-state index contributed by atoms with van der Waals surface area (Å²) in [6, 6.07) is 0.203. The molecular formula is C18H26N4O4. The predicted octanol–water partition coefficient (Wildman–Crippen LogP) is 2.61. The number of methoxy groups -OCH3 is 1. The van der Waals surface area contributed by atoms with Crippen LogP contribution in [0.5, 0.6) is 0 Å². The van der Waals surface area contributed by atoms with Gasteiger partial charge < -0.3 is 19.7 Å². The van der Waals surface area contributed by atoms with Crippen molar-refractivity contribution in [2.24, 2.45) is 0 Å². The first-order chi connectivity index (χ1) is 12.2. The van der Waals surface area contributed by atoms with Gasteiger partial charge in [0.25, 0.3) is 0 Å². The average Bonchev–Trinajstić information content (AvgIpc) is 3.32. The Morgan fingerprint density at radius 1 is 1.27 bits per heavy atom. The Labute approximate surface area is 153 Å². The van der Waals surface area contributed by atoms with E-state index in [0.717, 1.165) is 25.7 Å². The lowest BCUT2D eigenvalue weighted by molar-refractivity contribution is 0.00475. The highest BCUT2D eigenvalue weighted by molar-refractivity contribution is 5.86. The molecule has 1 amide bonds. The molecule has 1 saturated heterocycles. The maximum absolute atomic E-state index is 12.5. The highest BCUT2D eigenvalue weighted by Gasteiger charge is 2.54. The summed E-state index contributed by atoms with van der Waals surface area (Å²) < 4.78 is 10.2. The minimum Gasteiger partial charge on any atom is -0.464 e. The molecule has 0 radical (unpaired) electrons. The highest BCUT2D eigenvalue weighted by atomic mass is 16.6. The fourth-order valence-electron chi connectivity index (χ4n) is 3.36. The number of ether oxygens (including phenoxy) is 2. The Bertz CT molecular complexity index is 679. The van der Waals surface area contributed by atoms with Crippen LogP contribution in [0.25, 0.3) is 0 Å². The lowest BCUT2D eigenvalue weighted by Crippen LogP contribution is -2.52. The van der Waals surface area contributed by atoms with Gasteiger partial charge in [-0.05, 0) is 46.5 Å². The highest BCUT2D eigenvalue weighted by Crippen LogP contribution is 2.49. The third-order valence-electron chi connectivity index (χ3n) is 4.74. The fraction of sp³-hybridized carbons (Fsp3) is 0.667. The van der Waals surface area contributed by atoms with Gasteiger partial charge in [0.15, 0.2) is 5.69 Å². The zero-order valence-corrected chi connectivity index (χ0v) is 15.7. The van der Waals surface area contributed by atoms with Gasteiger partial charge in [0.2, 0.25) is 0 Å². The summed E-state index contributed by atoms with van der Waals surface area (Å²) in [4.78, 5) is 34.1. The standard InChI is InChI=1S/C18H26N4O4/c1-17(2,3)26-16(24)22-8-5-12(9-18(22)6-7-18)21-14-11-19-13(10-20-14)15(23)25-4/h10-12H,5-9H2,1-4H3,(H,20,21). The quantitative estimate of drug-likeness (QED) is 0.826. The first-order valence-electron chi connectivity index (χ1n) is 8.90. The second-order valence-corrected chi connectivity index (χ2v) is 7.97. The van der Waals surface area contributed by atoms with E-state index in [4.69, 9.17) is 4.74 Å². The van der Waals surface area contributed by atoms with Crippen LogP contribution in [-0.4, -0.2) is 57.8 Å². The summed E-state index contributed by atoms with van der Waals surface area (Å²) in [6.07, 6.45) is 6.36. The third-order valence-corrected chi connectivity index (χ3v) is 4.74. The number of amides is 1. The fourth-order valence-corrected chi connectivity index (χ4v) is 3.36. The Balaban J connectivity index is 1.60.